The molecule has 0 spiro atoms. The van der Waals surface area contributed by atoms with Crippen LogP contribution in [0.2, 0.25) is 0 Å². The van der Waals surface area contributed by atoms with E-state index in [1.54, 1.807) is 0 Å². The average molecular weight is 286 g/mol. The summed E-state index contributed by atoms with van der Waals surface area (Å²) in [7, 11) is 0. The van der Waals surface area contributed by atoms with Gasteiger partial charge in [0.2, 0.25) is 0 Å². The van der Waals surface area contributed by atoms with Gasteiger partial charge in [0.1, 0.15) is 0 Å². The van der Waals surface area contributed by atoms with Gasteiger partial charge in [-0.25, -0.2) is 0 Å². The third-order valence-electron chi connectivity index (χ3n) is 4.17. The van der Waals surface area contributed by atoms with E-state index >= 15 is 0 Å². The average Bonchev–Trinajstić information content (AvgIpc) is 2.57. The minimum atomic E-state index is 1.16. The van der Waals surface area contributed by atoms with Gasteiger partial charge >= 0.3 is 0 Å². The zero-order chi connectivity index (χ0) is 15.4. The lowest BCUT2D eigenvalue weighted by atomic mass is 9.97. The van der Waals surface area contributed by atoms with Crippen LogP contribution in [0.1, 0.15) is 24.5 Å². The molecule has 0 atom stereocenters. The van der Waals surface area contributed by atoms with Crippen molar-refractivity contribution in [3.05, 3.63) is 83.9 Å². The van der Waals surface area contributed by atoms with Crippen LogP contribution in [0.4, 0.5) is 0 Å². The molecule has 0 bridgehead atoms. The Morgan fingerprint density at radius 2 is 1.18 bits per heavy atom. The molecular formula is C22H22. The van der Waals surface area contributed by atoms with E-state index < -0.39 is 0 Å². The molecule has 0 nitrogen and oxygen atoms in total. The molecule has 0 heteroatoms. The van der Waals surface area contributed by atoms with Crippen LogP contribution in [-0.4, -0.2) is 0 Å². The van der Waals surface area contributed by atoms with Crippen molar-refractivity contribution in [3.8, 4) is 22.3 Å². The van der Waals surface area contributed by atoms with Crippen LogP contribution in [0, 0.1) is 6.92 Å². The Labute approximate surface area is 133 Å². The van der Waals surface area contributed by atoms with Crippen molar-refractivity contribution in [3.63, 3.8) is 0 Å². The molecule has 0 aliphatic heterocycles. The molecule has 3 rings (SSSR count). The molecule has 0 saturated heterocycles. The van der Waals surface area contributed by atoms with Crippen LogP contribution >= 0.6 is 0 Å². The van der Waals surface area contributed by atoms with Gasteiger partial charge in [0.05, 0.1) is 0 Å². The number of benzene rings is 3. The first kappa shape index (κ1) is 14.6. The predicted octanol–water partition coefficient (Wildman–Crippen LogP) is 6.28. The van der Waals surface area contributed by atoms with E-state index in [0.717, 1.165) is 6.42 Å². The molecule has 110 valence electrons. The Balaban J connectivity index is 1.86. The fraction of sp³-hybridized carbons (Fsp3) is 0.182. The second-order valence-corrected chi connectivity index (χ2v) is 5.84. The Kier molecular flexibility index (Phi) is 4.39. The molecule has 0 radical (unpaired) electrons. The van der Waals surface area contributed by atoms with Crippen LogP contribution in [0.15, 0.2) is 72.8 Å². The van der Waals surface area contributed by atoms with Crippen molar-refractivity contribution in [2.75, 3.05) is 0 Å². The number of hydrogen-bond donors (Lipinski definition) is 0. The van der Waals surface area contributed by atoms with Gasteiger partial charge in [-0.2, -0.15) is 0 Å². The van der Waals surface area contributed by atoms with Crippen molar-refractivity contribution < 1.29 is 0 Å². The Bertz CT molecular complexity index is 734. The summed E-state index contributed by atoms with van der Waals surface area (Å²) in [6.45, 7) is 4.38. The number of aryl methyl sites for hydroxylation is 2. The second-order valence-electron chi connectivity index (χ2n) is 5.84. The molecule has 22 heavy (non-hydrogen) atoms. The van der Waals surface area contributed by atoms with Gasteiger partial charge in [0.15, 0.2) is 0 Å². The first-order valence-electron chi connectivity index (χ1n) is 8.03. The quantitative estimate of drug-likeness (QED) is 0.529. The van der Waals surface area contributed by atoms with Crippen LogP contribution < -0.4 is 0 Å². The minimum Gasteiger partial charge on any atom is -0.0651 e. The van der Waals surface area contributed by atoms with E-state index in [9.17, 15) is 0 Å². The van der Waals surface area contributed by atoms with E-state index in [1.165, 1.54) is 39.8 Å². The van der Waals surface area contributed by atoms with Gasteiger partial charge in [-0.05, 0) is 46.7 Å². The summed E-state index contributed by atoms with van der Waals surface area (Å²) in [6.07, 6.45) is 2.36. The van der Waals surface area contributed by atoms with Crippen molar-refractivity contribution in [2.24, 2.45) is 0 Å². The summed E-state index contributed by atoms with van der Waals surface area (Å²) in [5.74, 6) is 0. The SMILES string of the molecule is CCCc1ccc(-c2ccc(-c3ccccc3C)cc2)cc1. The van der Waals surface area contributed by atoms with E-state index in [1.807, 2.05) is 0 Å². The van der Waals surface area contributed by atoms with Crippen molar-refractivity contribution in [1.82, 2.24) is 0 Å². The highest BCUT2D eigenvalue weighted by molar-refractivity contribution is 5.72. The van der Waals surface area contributed by atoms with Gasteiger partial charge in [0, 0.05) is 0 Å². The highest BCUT2D eigenvalue weighted by Crippen LogP contribution is 2.27. The fourth-order valence-electron chi connectivity index (χ4n) is 2.89. The fourth-order valence-corrected chi connectivity index (χ4v) is 2.89. The Morgan fingerprint density at radius 3 is 1.77 bits per heavy atom. The maximum absolute atomic E-state index is 2.24. The summed E-state index contributed by atoms with van der Waals surface area (Å²) < 4.78 is 0. The predicted molar refractivity (Wildman–Crippen MR) is 96.0 cm³/mol. The maximum atomic E-state index is 2.24. The molecule has 0 N–H and O–H groups in total. The molecule has 0 saturated carbocycles. The summed E-state index contributed by atoms with van der Waals surface area (Å²) in [5, 5.41) is 0. The zero-order valence-corrected chi connectivity index (χ0v) is 13.3. The topological polar surface area (TPSA) is 0 Å². The lowest BCUT2D eigenvalue weighted by Crippen LogP contribution is -1.85. The van der Waals surface area contributed by atoms with Crippen molar-refractivity contribution >= 4 is 0 Å². The first-order valence-corrected chi connectivity index (χ1v) is 8.03. The molecule has 0 fully saturated rings. The molecule has 0 aliphatic rings. The molecule has 3 aromatic rings. The first-order chi connectivity index (χ1) is 10.8. The van der Waals surface area contributed by atoms with E-state index in [-0.39, 0.29) is 0 Å². The maximum Gasteiger partial charge on any atom is -0.0155 e. The van der Waals surface area contributed by atoms with Crippen molar-refractivity contribution in [2.45, 2.75) is 26.7 Å². The molecule has 0 unspecified atom stereocenters. The molecule has 0 amide bonds. The summed E-state index contributed by atoms with van der Waals surface area (Å²) in [6, 6.07) is 26.4. The van der Waals surface area contributed by atoms with E-state index in [2.05, 4.69) is 86.6 Å². The molecule has 0 aliphatic carbocycles. The summed E-state index contributed by atoms with van der Waals surface area (Å²) in [5.41, 5.74) is 7.90. The summed E-state index contributed by atoms with van der Waals surface area (Å²) in [4.78, 5) is 0. The van der Waals surface area contributed by atoms with Gasteiger partial charge in [0.25, 0.3) is 0 Å². The largest absolute Gasteiger partial charge is 0.0651 e. The van der Waals surface area contributed by atoms with Crippen molar-refractivity contribution in [1.29, 1.82) is 0 Å². The third kappa shape index (κ3) is 3.12. The van der Waals surface area contributed by atoms with Gasteiger partial charge in [-0.1, -0.05) is 86.1 Å². The van der Waals surface area contributed by atoms with E-state index in [0.29, 0.717) is 0 Å². The van der Waals surface area contributed by atoms with Gasteiger partial charge in [-0.15, -0.1) is 0 Å². The zero-order valence-electron chi connectivity index (χ0n) is 13.3. The lowest BCUT2D eigenvalue weighted by Gasteiger charge is -2.08. The highest BCUT2D eigenvalue weighted by Gasteiger charge is 2.02. The van der Waals surface area contributed by atoms with Crippen LogP contribution in [0.3, 0.4) is 0 Å². The summed E-state index contributed by atoms with van der Waals surface area (Å²) >= 11 is 0. The molecular weight excluding hydrogens is 264 g/mol. The van der Waals surface area contributed by atoms with E-state index in [4.69, 9.17) is 0 Å². The van der Waals surface area contributed by atoms with Gasteiger partial charge in [-0.3, -0.25) is 0 Å². The standard InChI is InChI=1S/C22H22/c1-3-6-18-9-11-19(12-10-18)20-13-15-21(16-14-20)22-8-5-4-7-17(22)2/h4-5,7-16H,3,6H2,1-2H3. The smallest absolute Gasteiger partial charge is 0.0155 e. The third-order valence-corrected chi connectivity index (χ3v) is 4.17. The number of hydrogen-bond acceptors (Lipinski definition) is 0. The monoisotopic (exact) mass is 286 g/mol. The highest BCUT2D eigenvalue weighted by atomic mass is 14.1. The Hall–Kier alpha value is -2.34. The van der Waals surface area contributed by atoms with Gasteiger partial charge < -0.3 is 0 Å². The molecule has 0 heterocycles. The minimum absolute atomic E-state index is 1.16. The second kappa shape index (κ2) is 6.62. The van der Waals surface area contributed by atoms with Crippen LogP contribution in [0.25, 0.3) is 22.3 Å². The van der Waals surface area contributed by atoms with Crippen LogP contribution in [-0.2, 0) is 6.42 Å². The molecule has 3 aromatic carbocycles. The molecule has 0 aromatic heterocycles. The lowest BCUT2D eigenvalue weighted by molar-refractivity contribution is 0.922. The Morgan fingerprint density at radius 1 is 0.636 bits per heavy atom. The number of rotatable bonds is 4. The van der Waals surface area contributed by atoms with Crippen LogP contribution in [0.5, 0.6) is 0 Å². The normalized spacial score (nSPS) is 10.6.